The number of amides is 1. The van der Waals surface area contributed by atoms with E-state index in [1.165, 1.54) is 5.56 Å². The summed E-state index contributed by atoms with van der Waals surface area (Å²) in [6, 6.07) is 25.6. The number of hydrogen-bond acceptors (Lipinski definition) is 4. The predicted molar refractivity (Wildman–Crippen MR) is 116 cm³/mol. The second-order valence-electron chi connectivity index (χ2n) is 6.74. The minimum absolute atomic E-state index is 0.0685. The molecule has 5 heteroatoms. The van der Waals surface area contributed by atoms with E-state index in [9.17, 15) is 4.79 Å². The van der Waals surface area contributed by atoms with Crippen LogP contribution < -0.4 is 5.32 Å². The van der Waals surface area contributed by atoms with Gasteiger partial charge in [0.1, 0.15) is 0 Å². The van der Waals surface area contributed by atoms with Crippen LogP contribution in [0.15, 0.2) is 90.4 Å². The fourth-order valence-corrected chi connectivity index (χ4v) is 4.01. The molecule has 4 rings (SSSR count). The number of hydrogen-bond donors (Lipinski definition) is 1. The fraction of sp³-hybridized carbons (Fsp3) is 0.125. The first kappa shape index (κ1) is 19.0. The molecule has 1 unspecified atom stereocenters. The van der Waals surface area contributed by atoms with E-state index in [1.807, 2.05) is 72.1 Å². The zero-order valence-electron chi connectivity index (χ0n) is 15.9. The summed E-state index contributed by atoms with van der Waals surface area (Å²) in [6.07, 6.45) is 2.78. The highest BCUT2D eigenvalue weighted by molar-refractivity contribution is 7.09. The van der Waals surface area contributed by atoms with Crippen LogP contribution >= 0.6 is 11.3 Å². The molecule has 0 aliphatic carbocycles. The van der Waals surface area contributed by atoms with Gasteiger partial charge in [-0.2, -0.15) is 0 Å². The Morgan fingerprint density at radius 3 is 2.38 bits per heavy atom. The molecule has 4 nitrogen and oxygen atoms in total. The summed E-state index contributed by atoms with van der Waals surface area (Å²) in [5.41, 5.74) is 3.83. The van der Waals surface area contributed by atoms with Crippen LogP contribution in [0.4, 0.5) is 0 Å². The molecule has 0 aliphatic heterocycles. The molecule has 0 saturated heterocycles. The number of carbonyl (C=O) groups excluding carboxylic acids is 1. The van der Waals surface area contributed by atoms with E-state index in [1.54, 1.807) is 17.5 Å². The lowest BCUT2D eigenvalue weighted by molar-refractivity contribution is -0.121. The average molecular weight is 400 g/mol. The fourth-order valence-electron chi connectivity index (χ4n) is 3.18. The molecule has 0 saturated carbocycles. The van der Waals surface area contributed by atoms with Gasteiger partial charge in [-0.25, -0.2) is 4.98 Å². The van der Waals surface area contributed by atoms with Crippen LogP contribution in [0.2, 0.25) is 0 Å². The quantitative estimate of drug-likeness (QED) is 0.495. The average Bonchev–Trinajstić information content (AvgIpc) is 3.20. The van der Waals surface area contributed by atoms with Gasteiger partial charge in [0.05, 0.1) is 28.9 Å². The third kappa shape index (κ3) is 5.15. The standard InChI is InChI=1S/C24H21N3OS/c28-22(16-20-17-29-23(26-20)15-18-9-3-1-4-10-18)27-24(19-11-5-2-6-12-19)21-13-7-8-14-25-21/h1-14,17,24H,15-16H2,(H,27,28). The molecule has 144 valence electrons. The predicted octanol–water partition coefficient (Wildman–Crippen LogP) is 4.58. The van der Waals surface area contributed by atoms with Crippen molar-refractivity contribution in [2.75, 3.05) is 0 Å². The molecule has 2 aromatic heterocycles. The van der Waals surface area contributed by atoms with Crippen LogP contribution in [-0.4, -0.2) is 15.9 Å². The van der Waals surface area contributed by atoms with Gasteiger partial charge in [-0.3, -0.25) is 9.78 Å². The lowest BCUT2D eigenvalue weighted by Gasteiger charge is -2.18. The van der Waals surface area contributed by atoms with Crippen LogP contribution in [-0.2, 0) is 17.6 Å². The van der Waals surface area contributed by atoms with E-state index in [2.05, 4.69) is 27.4 Å². The molecule has 29 heavy (non-hydrogen) atoms. The summed E-state index contributed by atoms with van der Waals surface area (Å²) in [7, 11) is 0. The first-order chi connectivity index (χ1) is 14.3. The Labute approximate surface area is 174 Å². The van der Waals surface area contributed by atoms with Crippen molar-refractivity contribution >= 4 is 17.2 Å². The third-order valence-electron chi connectivity index (χ3n) is 4.56. The summed E-state index contributed by atoms with van der Waals surface area (Å²) in [4.78, 5) is 21.8. The maximum atomic E-state index is 12.8. The molecule has 4 aromatic rings. The van der Waals surface area contributed by atoms with Crippen LogP contribution in [0.3, 0.4) is 0 Å². The number of rotatable bonds is 7. The largest absolute Gasteiger partial charge is 0.343 e. The van der Waals surface area contributed by atoms with Gasteiger partial charge in [0, 0.05) is 18.0 Å². The van der Waals surface area contributed by atoms with Crippen molar-refractivity contribution in [2.24, 2.45) is 0 Å². The molecular formula is C24H21N3OS. The van der Waals surface area contributed by atoms with Gasteiger partial charge in [-0.1, -0.05) is 66.7 Å². The van der Waals surface area contributed by atoms with Crippen molar-refractivity contribution in [3.8, 4) is 0 Å². The Kier molecular flexibility index (Phi) is 6.07. The van der Waals surface area contributed by atoms with Crippen LogP contribution in [0.1, 0.15) is 33.6 Å². The SMILES string of the molecule is O=C(Cc1csc(Cc2ccccc2)n1)NC(c1ccccc1)c1ccccn1. The van der Waals surface area contributed by atoms with E-state index < -0.39 is 0 Å². The molecule has 1 N–H and O–H groups in total. The normalized spacial score (nSPS) is 11.7. The number of nitrogens with zero attached hydrogens (tertiary/aromatic N) is 2. The van der Waals surface area contributed by atoms with Gasteiger partial charge in [-0.05, 0) is 23.3 Å². The van der Waals surface area contributed by atoms with E-state index in [0.717, 1.165) is 28.4 Å². The van der Waals surface area contributed by atoms with E-state index in [0.29, 0.717) is 0 Å². The van der Waals surface area contributed by atoms with E-state index in [4.69, 9.17) is 0 Å². The van der Waals surface area contributed by atoms with Crippen LogP contribution in [0.25, 0.3) is 0 Å². The molecule has 2 heterocycles. The smallest absolute Gasteiger partial charge is 0.226 e. The number of thiazole rings is 1. The number of aromatic nitrogens is 2. The molecule has 0 bridgehead atoms. The Morgan fingerprint density at radius 2 is 1.66 bits per heavy atom. The second kappa shape index (κ2) is 9.26. The molecule has 0 radical (unpaired) electrons. The van der Waals surface area contributed by atoms with E-state index in [-0.39, 0.29) is 18.4 Å². The first-order valence-corrected chi connectivity index (χ1v) is 10.4. The summed E-state index contributed by atoms with van der Waals surface area (Å²) >= 11 is 1.59. The summed E-state index contributed by atoms with van der Waals surface area (Å²) in [6.45, 7) is 0. The minimum atomic E-state index is -0.285. The number of pyridine rings is 1. The molecule has 0 aliphatic rings. The second-order valence-corrected chi connectivity index (χ2v) is 7.68. The highest BCUT2D eigenvalue weighted by Gasteiger charge is 2.18. The lowest BCUT2D eigenvalue weighted by atomic mass is 10.0. The number of benzene rings is 2. The van der Waals surface area contributed by atoms with Crippen molar-refractivity contribution in [1.29, 1.82) is 0 Å². The highest BCUT2D eigenvalue weighted by Crippen LogP contribution is 2.21. The molecule has 0 fully saturated rings. The molecular weight excluding hydrogens is 378 g/mol. The summed E-state index contributed by atoms with van der Waals surface area (Å²) in [5, 5.41) is 6.11. The maximum Gasteiger partial charge on any atom is 0.226 e. The van der Waals surface area contributed by atoms with Crippen LogP contribution in [0, 0.1) is 0 Å². The maximum absolute atomic E-state index is 12.8. The molecule has 0 spiro atoms. The van der Waals surface area contributed by atoms with Crippen molar-refractivity contribution in [3.05, 3.63) is 118 Å². The minimum Gasteiger partial charge on any atom is -0.343 e. The van der Waals surface area contributed by atoms with Crippen molar-refractivity contribution in [1.82, 2.24) is 15.3 Å². The summed E-state index contributed by atoms with van der Waals surface area (Å²) in [5.74, 6) is -0.0685. The third-order valence-corrected chi connectivity index (χ3v) is 5.46. The number of carbonyl (C=O) groups is 1. The molecule has 1 amide bonds. The van der Waals surface area contributed by atoms with Gasteiger partial charge >= 0.3 is 0 Å². The molecule has 1 atom stereocenters. The van der Waals surface area contributed by atoms with Gasteiger partial charge in [-0.15, -0.1) is 11.3 Å². The lowest BCUT2D eigenvalue weighted by Crippen LogP contribution is -2.31. The Morgan fingerprint density at radius 1 is 0.931 bits per heavy atom. The first-order valence-electron chi connectivity index (χ1n) is 9.50. The van der Waals surface area contributed by atoms with Crippen molar-refractivity contribution in [3.63, 3.8) is 0 Å². The van der Waals surface area contributed by atoms with Crippen LogP contribution in [0.5, 0.6) is 0 Å². The van der Waals surface area contributed by atoms with Gasteiger partial charge < -0.3 is 5.32 Å². The van der Waals surface area contributed by atoms with Gasteiger partial charge in [0.25, 0.3) is 0 Å². The number of nitrogens with one attached hydrogen (secondary N) is 1. The Bertz CT molecular complexity index is 1010. The monoisotopic (exact) mass is 399 g/mol. The summed E-state index contributed by atoms with van der Waals surface area (Å²) < 4.78 is 0. The van der Waals surface area contributed by atoms with Gasteiger partial charge in [0.15, 0.2) is 0 Å². The topological polar surface area (TPSA) is 54.9 Å². The highest BCUT2D eigenvalue weighted by atomic mass is 32.1. The Hall–Kier alpha value is -3.31. The van der Waals surface area contributed by atoms with Gasteiger partial charge in [0.2, 0.25) is 5.91 Å². The van der Waals surface area contributed by atoms with Crippen molar-refractivity contribution in [2.45, 2.75) is 18.9 Å². The zero-order chi connectivity index (χ0) is 19.9. The van der Waals surface area contributed by atoms with Crippen molar-refractivity contribution < 1.29 is 4.79 Å². The Balaban J connectivity index is 1.45. The zero-order valence-corrected chi connectivity index (χ0v) is 16.7. The van der Waals surface area contributed by atoms with E-state index >= 15 is 0 Å². The molecule has 2 aromatic carbocycles.